The molecule has 0 aliphatic carbocycles. The van der Waals surface area contributed by atoms with Crippen LogP contribution in [0.15, 0.2) is 173 Å². The summed E-state index contributed by atoms with van der Waals surface area (Å²) in [5.74, 6) is -0.0765. The molecule has 0 heterocycles. The third-order valence-corrected chi connectivity index (χ3v) is 16.3. The molecule has 13 aromatic carbocycles. The normalized spacial score (nSPS) is 12.4. The Morgan fingerprint density at radius 1 is 0.315 bits per heavy atom. The lowest BCUT2D eigenvalue weighted by molar-refractivity contribution is 0.419. The van der Waals surface area contributed by atoms with Crippen molar-refractivity contribution < 1.29 is 15.2 Å². The Balaban J connectivity index is 0.000000146. The van der Waals surface area contributed by atoms with Crippen LogP contribution in [0.25, 0.3) is 108 Å². The fraction of sp³-hybridized carbons (Fsp3) is 0.194. The molecule has 73 heavy (non-hydrogen) atoms. The molecular weight excluding hydrogens is 1020 g/mol. The van der Waals surface area contributed by atoms with Crippen molar-refractivity contribution in [2.24, 2.45) is 0 Å². The summed E-state index contributed by atoms with van der Waals surface area (Å²) in [4.78, 5) is 0. The topological polar surface area (TPSA) is 60.7 Å². The molecule has 0 unspecified atom stereocenters. The number of hydrogen-bond acceptors (Lipinski definition) is 3. The lowest BCUT2D eigenvalue weighted by Crippen LogP contribution is -2.30. The summed E-state index contributed by atoms with van der Waals surface area (Å²) in [6.07, 6.45) is 0. The molecule has 13 rings (SSSR count). The average molecular weight is 1080 g/mol. The molecule has 6 heteroatoms. The van der Waals surface area contributed by atoms with E-state index in [4.69, 9.17) is 10.0 Å². The van der Waals surface area contributed by atoms with Crippen molar-refractivity contribution in [2.45, 2.75) is 86.0 Å². The molecule has 0 spiro atoms. The smallest absolute Gasteiger partial charge is 0.492 e. The van der Waals surface area contributed by atoms with Gasteiger partial charge in [0.25, 0.3) is 0 Å². The van der Waals surface area contributed by atoms with Crippen LogP contribution in [-0.4, -0.2) is 22.3 Å². The second-order valence-electron chi connectivity index (χ2n) is 22.7. The minimum absolute atomic E-state index is 0. The lowest BCUT2D eigenvalue weighted by Gasteiger charge is -2.19. The van der Waals surface area contributed by atoms with Gasteiger partial charge in [0.2, 0.25) is 0 Å². The predicted octanol–water partition coefficient (Wildman–Crippen LogP) is 18.9. The van der Waals surface area contributed by atoms with Crippen LogP contribution >= 0.6 is 31.9 Å². The number of phenols is 1. The van der Waals surface area contributed by atoms with Gasteiger partial charge >= 0.3 is 7.12 Å². The Kier molecular flexibility index (Phi) is 12.6. The first-order valence-corrected chi connectivity index (χ1v) is 26.4. The fourth-order valence-electron chi connectivity index (χ4n) is 11.1. The van der Waals surface area contributed by atoms with E-state index in [1.807, 2.05) is 20.8 Å². The molecule has 3 N–H and O–H groups in total. The van der Waals surface area contributed by atoms with Crippen molar-refractivity contribution in [3.05, 3.63) is 189 Å². The molecule has 0 aliphatic rings. The van der Waals surface area contributed by atoms with Crippen molar-refractivity contribution in [1.29, 1.82) is 0 Å². The van der Waals surface area contributed by atoms with E-state index in [0.29, 0.717) is 0 Å². The van der Waals surface area contributed by atoms with Gasteiger partial charge in [0, 0.05) is 14.4 Å². The highest BCUT2D eigenvalue weighted by atomic mass is 79.9. The molecule has 0 saturated heterocycles. The van der Waals surface area contributed by atoms with E-state index < -0.39 is 7.12 Å². The molecule has 0 atom stereocenters. The molecule has 0 aromatic heterocycles. The second kappa shape index (κ2) is 18.3. The van der Waals surface area contributed by atoms with Crippen molar-refractivity contribution in [3.8, 4) is 5.75 Å². The van der Waals surface area contributed by atoms with Gasteiger partial charge in [0.15, 0.2) is 0 Å². The number of phenolic OH excluding ortho intramolecular Hbond substituents is 1. The Morgan fingerprint density at radius 3 is 0.973 bits per heavy atom. The molecule has 0 bridgehead atoms. The quantitative estimate of drug-likeness (QED) is 0.113. The van der Waals surface area contributed by atoms with Crippen LogP contribution in [0.5, 0.6) is 5.75 Å². The van der Waals surface area contributed by atoms with Crippen LogP contribution < -0.4 is 5.46 Å². The van der Waals surface area contributed by atoms with Gasteiger partial charge in [-0.25, -0.2) is 0 Å². The van der Waals surface area contributed by atoms with E-state index in [-0.39, 0.29) is 34.9 Å². The number of benzene rings is 11. The maximum absolute atomic E-state index is 9.51. The first-order valence-electron chi connectivity index (χ1n) is 24.8. The largest absolute Gasteiger partial charge is 0.508 e. The minimum atomic E-state index is -1.62. The van der Waals surface area contributed by atoms with Gasteiger partial charge < -0.3 is 15.2 Å². The molecule has 0 aliphatic heterocycles. The summed E-state index contributed by atoms with van der Waals surface area (Å²) < 4.78 is 2.29. The zero-order valence-corrected chi connectivity index (χ0v) is 45.4. The number of aromatic hydroxyl groups is 1. The van der Waals surface area contributed by atoms with Gasteiger partial charge in [-0.05, 0) is 183 Å². The summed E-state index contributed by atoms with van der Waals surface area (Å²) in [5, 5.41) is 54.2. The van der Waals surface area contributed by atoms with Gasteiger partial charge in [-0.15, -0.1) is 0 Å². The van der Waals surface area contributed by atoms with Crippen molar-refractivity contribution in [1.82, 2.24) is 0 Å². The Bertz CT molecular complexity index is 4040. The van der Waals surface area contributed by atoms with Crippen molar-refractivity contribution in [2.75, 3.05) is 0 Å². The Labute approximate surface area is 445 Å². The molecule has 364 valence electrons. The maximum Gasteiger partial charge on any atom is 0.492 e. The highest BCUT2D eigenvalue weighted by Gasteiger charge is 2.23. The molecule has 0 amide bonds. The van der Waals surface area contributed by atoms with E-state index >= 15 is 0 Å². The zero-order chi connectivity index (χ0) is 50.8. The van der Waals surface area contributed by atoms with Gasteiger partial charge in [0.1, 0.15) is 5.75 Å². The predicted molar refractivity (Wildman–Crippen MR) is 326 cm³/mol. The average Bonchev–Trinajstić information content (AvgIpc) is 3.84. The molecule has 3 nitrogen and oxygen atoms in total. The lowest BCUT2D eigenvalue weighted by atomic mass is 9.77. The van der Waals surface area contributed by atoms with E-state index in [2.05, 4.69) is 219 Å². The van der Waals surface area contributed by atoms with Crippen LogP contribution in [0.2, 0.25) is 0 Å². The van der Waals surface area contributed by atoms with Crippen LogP contribution in [0, 0.1) is 0 Å². The van der Waals surface area contributed by atoms with Gasteiger partial charge in [-0.3, -0.25) is 0 Å². The van der Waals surface area contributed by atoms with Crippen LogP contribution in [-0.2, 0) is 16.2 Å². The molecule has 0 saturated carbocycles. The van der Waals surface area contributed by atoms with E-state index in [1.165, 1.54) is 125 Å². The number of rotatable bonds is 1. The van der Waals surface area contributed by atoms with Gasteiger partial charge in [-0.2, -0.15) is 0 Å². The zero-order valence-electron chi connectivity index (χ0n) is 42.3. The van der Waals surface area contributed by atoms with Gasteiger partial charge in [0.05, 0.1) is 0 Å². The van der Waals surface area contributed by atoms with Crippen LogP contribution in [0.3, 0.4) is 0 Å². The summed E-state index contributed by atoms with van der Waals surface area (Å²) in [6, 6.07) is 59.4. The first kappa shape index (κ1) is 50.3. The fourth-order valence-corrected chi connectivity index (χ4v) is 12.2. The highest BCUT2D eigenvalue weighted by molar-refractivity contribution is 9.11. The van der Waals surface area contributed by atoms with E-state index in [9.17, 15) is 5.11 Å². The highest BCUT2D eigenvalue weighted by Crippen LogP contribution is 2.48. The summed E-state index contributed by atoms with van der Waals surface area (Å²) in [7, 11) is -1.62. The van der Waals surface area contributed by atoms with Gasteiger partial charge in [-0.1, -0.05) is 223 Å². The van der Waals surface area contributed by atoms with E-state index in [0.717, 1.165) is 14.5 Å². The van der Waals surface area contributed by atoms with E-state index in [1.54, 1.807) is 12.1 Å². The summed E-state index contributed by atoms with van der Waals surface area (Å²) in [5.41, 5.74) is 4.07. The number of fused-ring (bicyclic) bond motifs is 14. The third kappa shape index (κ3) is 8.55. The number of hydrogen-bond donors (Lipinski definition) is 3. The summed E-state index contributed by atoms with van der Waals surface area (Å²) >= 11 is 7.42. The Hall–Kier alpha value is -6.28. The van der Waals surface area contributed by atoms with Crippen molar-refractivity contribution >= 4 is 152 Å². The first-order chi connectivity index (χ1) is 34.2. The summed E-state index contributed by atoms with van der Waals surface area (Å²) in [6.45, 7) is 19.9. The monoisotopic (exact) mass is 1080 g/mol. The van der Waals surface area contributed by atoms with Crippen LogP contribution in [0.1, 0.15) is 86.4 Å². The number of halogens is 2. The molecule has 13 aromatic rings. The maximum atomic E-state index is 9.51. The minimum Gasteiger partial charge on any atom is -0.508 e. The van der Waals surface area contributed by atoms with Crippen LogP contribution in [0.4, 0.5) is 0 Å². The standard InChI is InChI=1S/C38H32.C18H10Br2.C10H15BO3.CH4/c1-37(2,3)21-13-15-23-29(17-21)25-9-7-11-27-32-20-34-24-16-14-22(38(4,5)6)18-30(24)26-10-8-12-28(36(26)34)31(32)19-33(23)35(25)27;19-17-10-16-12-6-2-4-8-14(12)18(20)9-15(16)11-5-1-3-7-13(11)17;1-10(2,3)7-4-5-8(11(13)14)9(12)6-7;/h7-20H,1-6H3;1-10H;4-6,12-14H,1-3H3;1H4. The Morgan fingerprint density at radius 2 is 0.616 bits per heavy atom. The second-order valence-corrected chi connectivity index (χ2v) is 24.4. The molecule has 0 fully saturated rings. The SMILES string of the molecule is Brc1cc2c3ccccc3c(Br)cc2c2ccccc12.C.CC(C)(C)c1ccc(B(O)O)c(O)c1.CC(C)(C)c1ccc2c(c1)c1cccc3c4cc5c6ccc(C(C)(C)C)cc6c6cccc(c4cc2c13)c65. The molecule has 0 radical (unpaired) electrons. The molecular formula is C67H61BBr2O3. The third-order valence-electron chi connectivity index (χ3n) is 15.0. The van der Waals surface area contributed by atoms with Crippen molar-refractivity contribution in [3.63, 3.8) is 0 Å².